The number of halogens is 1. The standard InChI is InChI=1S/C23H29N3O3.ClH/c1-4-17-7-5-6-8-20(17)26(21(22(25)28)13-15(2)3)23(29)19(24)14-16-9-11-18(27)12-10-16;/h4-12,15,19,21,27H,1,13-14,24H2,2-3H3,(H2,25,28);1H. The van der Waals surface area contributed by atoms with Gasteiger partial charge in [0.2, 0.25) is 11.8 Å². The van der Waals surface area contributed by atoms with Crippen LogP contribution in [0, 0.1) is 5.92 Å². The van der Waals surface area contributed by atoms with E-state index in [4.69, 9.17) is 11.5 Å². The molecule has 0 aliphatic rings. The molecule has 0 radical (unpaired) electrons. The Morgan fingerprint density at radius 1 is 1.13 bits per heavy atom. The Bertz CT molecular complexity index is 868. The number of hydrogen-bond acceptors (Lipinski definition) is 4. The number of phenolic OH excluding ortho intramolecular Hbond substituents is 1. The fourth-order valence-corrected chi connectivity index (χ4v) is 3.27. The molecular weight excluding hydrogens is 402 g/mol. The second-order valence-electron chi connectivity index (χ2n) is 7.50. The molecule has 0 spiro atoms. The van der Waals surface area contributed by atoms with E-state index in [9.17, 15) is 14.7 Å². The van der Waals surface area contributed by atoms with Gasteiger partial charge in [0.15, 0.2) is 0 Å². The normalized spacial score (nSPS) is 12.5. The fourth-order valence-electron chi connectivity index (χ4n) is 3.27. The van der Waals surface area contributed by atoms with Crippen molar-refractivity contribution in [1.29, 1.82) is 0 Å². The predicted octanol–water partition coefficient (Wildman–Crippen LogP) is 3.26. The van der Waals surface area contributed by atoms with Crippen LogP contribution >= 0.6 is 12.4 Å². The summed E-state index contributed by atoms with van der Waals surface area (Å²) >= 11 is 0. The SMILES string of the molecule is C=Cc1ccccc1N(C(=O)C(N)Cc1ccc(O)cc1)C(CC(C)C)C(N)=O.Cl. The van der Waals surface area contributed by atoms with Crippen LogP contribution < -0.4 is 16.4 Å². The van der Waals surface area contributed by atoms with Crippen molar-refractivity contribution in [3.8, 4) is 5.75 Å². The van der Waals surface area contributed by atoms with Gasteiger partial charge in [0.05, 0.1) is 11.7 Å². The maximum atomic E-state index is 13.4. The van der Waals surface area contributed by atoms with Gasteiger partial charge in [-0.2, -0.15) is 0 Å². The average Bonchev–Trinajstić information content (AvgIpc) is 2.69. The van der Waals surface area contributed by atoms with Crippen molar-refractivity contribution in [3.63, 3.8) is 0 Å². The molecule has 0 heterocycles. The molecule has 0 aliphatic heterocycles. The molecule has 30 heavy (non-hydrogen) atoms. The van der Waals surface area contributed by atoms with E-state index in [-0.39, 0.29) is 30.5 Å². The number of anilines is 1. The van der Waals surface area contributed by atoms with E-state index >= 15 is 0 Å². The van der Waals surface area contributed by atoms with E-state index in [1.165, 1.54) is 4.90 Å². The first-order valence-electron chi connectivity index (χ1n) is 9.62. The molecule has 2 unspecified atom stereocenters. The number of primary amides is 1. The van der Waals surface area contributed by atoms with Crippen LogP contribution in [0.5, 0.6) is 5.75 Å². The molecule has 5 N–H and O–H groups in total. The van der Waals surface area contributed by atoms with Gasteiger partial charge in [0.25, 0.3) is 0 Å². The molecule has 0 saturated carbocycles. The minimum absolute atomic E-state index is 0. The van der Waals surface area contributed by atoms with Gasteiger partial charge in [0, 0.05) is 0 Å². The Kier molecular flexibility index (Phi) is 9.56. The highest BCUT2D eigenvalue weighted by atomic mass is 35.5. The van der Waals surface area contributed by atoms with E-state index in [0.717, 1.165) is 5.56 Å². The molecule has 2 atom stereocenters. The zero-order chi connectivity index (χ0) is 21.6. The third-order valence-electron chi connectivity index (χ3n) is 4.70. The minimum Gasteiger partial charge on any atom is -0.508 e. The van der Waals surface area contributed by atoms with E-state index in [1.54, 1.807) is 42.5 Å². The third kappa shape index (κ3) is 6.34. The molecule has 2 aromatic rings. The molecule has 162 valence electrons. The molecule has 0 bridgehead atoms. The summed E-state index contributed by atoms with van der Waals surface area (Å²) in [7, 11) is 0. The number of aromatic hydroxyl groups is 1. The second-order valence-corrected chi connectivity index (χ2v) is 7.50. The highest BCUT2D eigenvalue weighted by Gasteiger charge is 2.34. The summed E-state index contributed by atoms with van der Waals surface area (Å²) < 4.78 is 0. The lowest BCUT2D eigenvalue weighted by Crippen LogP contribution is -2.54. The number of rotatable bonds is 9. The van der Waals surface area contributed by atoms with Gasteiger partial charge in [-0.3, -0.25) is 14.5 Å². The Labute approximate surface area is 184 Å². The smallest absolute Gasteiger partial charge is 0.245 e. The first-order valence-corrected chi connectivity index (χ1v) is 9.62. The number of phenols is 1. The minimum atomic E-state index is -0.883. The van der Waals surface area contributed by atoms with Crippen molar-refractivity contribution in [1.82, 2.24) is 0 Å². The summed E-state index contributed by atoms with van der Waals surface area (Å²) in [6.45, 7) is 7.74. The van der Waals surface area contributed by atoms with Crippen molar-refractivity contribution in [2.45, 2.75) is 38.8 Å². The molecule has 2 rings (SSSR count). The van der Waals surface area contributed by atoms with Crippen molar-refractivity contribution in [3.05, 3.63) is 66.2 Å². The Balaban J connectivity index is 0.00000450. The zero-order valence-corrected chi connectivity index (χ0v) is 18.1. The number of carbonyl (C=O) groups is 2. The molecular formula is C23H30ClN3O3. The van der Waals surface area contributed by atoms with Gasteiger partial charge in [-0.1, -0.05) is 56.8 Å². The molecule has 0 aromatic heterocycles. The van der Waals surface area contributed by atoms with Crippen molar-refractivity contribution >= 4 is 36.0 Å². The average molecular weight is 432 g/mol. The Morgan fingerprint density at radius 3 is 2.27 bits per heavy atom. The van der Waals surface area contributed by atoms with Crippen molar-refractivity contribution < 1.29 is 14.7 Å². The lowest BCUT2D eigenvalue weighted by molar-refractivity contribution is -0.125. The fraction of sp³-hybridized carbons (Fsp3) is 0.304. The monoisotopic (exact) mass is 431 g/mol. The number of amides is 2. The van der Waals surface area contributed by atoms with Crippen molar-refractivity contribution in [2.24, 2.45) is 17.4 Å². The summed E-state index contributed by atoms with van der Waals surface area (Å²) in [6.07, 6.45) is 2.31. The van der Waals surface area contributed by atoms with Crippen LogP contribution in [-0.2, 0) is 16.0 Å². The van der Waals surface area contributed by atoms with Gasteiger partial charge in [0.1, 0.15) is 11.8 Å². The quantitative estimate of drug-likeness (QED) is 0.565. The first-order chi connectivity index (χ1) is 13.7. The maximum Gasteiger partial charge on any atom is 0.245 e. The summed E-state index contributed by atoms with van der Waals surface area (Å²) in [5.74, 6) is -0.687. The van der Waals surface area contributed by atoms with Crippen LogP contribution in [0.15, 0.2) is 55.1 Å². The van der Waals surface area contributed by atoms with Crippen LogP contribution in [0.1, 0.15) is 31.4 Å². The number of benzene rings is 2. The number of nitrogens with zero attached hydrogens (tertiary/aromatic N) is 1. The third-order valence-corrected chi connectivity index (χ3v) is 4.70. The van der Waals surface area contributed by atoms with E-state index in [0.29, 0.717) is 17.7 Å². The van der Waals surface area contributed by atoms with Gasteiger partial charge >= 0.3 is 0 Å². The molecule has 2 amide bonds. The topological polar surface area (TPSA) is 110 Å². The molecule has 0 aliphatic carbocycles. The Hall–Kier alpha value is -2.83. The van der Waals surface area contributed by atoms with Gasteiger partial charge in [-0.25, -0.2) is 0 Å². The summed E-state index contributed by atoms with van der Waals surface area (Å²) in [6, 6.07) is 12.0. The predicted molar refractivity (Wildman–Crippen MR) is 123 cm³/mol. The number of para-hydroxylation sites is 1. The van der Waals surface area contributed by atoms with E-state index < -0.39 is 23.9 Å². The van der Waals surface area contributed by atoms with Crippen LogP contribution in [0.25, 0.3) is 6.08 Å². The number of carbonyl (C=O) groups excluding carboxylic acids is 2. The lowest BCUT2D eigenvalue weighted by Gasteiger charge is -2.34. The zero-order valence-electron chi connectivity index (χ0n) is 17.3. The van der Waals surface area contributed by atoms with Crippen LogP contribution in [0.3, 0.4) is 0 Å². The van der Waals surface area contributed by atoms with E-state index in [2.05, 4.69) is 6.58 Å². The maximum absolute atomic E-state index is 13.4. The van der Waals surface area contributed by atoms with Crippen LogP contribution in [-0.4, -0.2) is 29.0 Å². The molecule has 2 aromatic carbocycles. The van der Waals surface area contributed by atoms with Gasteiger partial charge < -0.3 is 16.6 Å². The van der Waals surface area contributed by atoms with Crippen molar-refractivity contribution in [2.75, 3.05) is 4.90 Å². The molecule has 7 heteroatoms. The second kappa shape index (κ2) is 11.4. The van der Waals surface area contributed by atoms with Crippen LogP contribution in [0.4, 0.5) is 5.69 Å². The van der Waals surface area contributed by atoms with Crippen LogP contribution in [0.2, 0.25) is 0 Å². The lowest BCUT2D eigenvalue weighted by atomic mass is 9.97. The highest BCUT2D eigenvalue weighted by molar-refractivity contribution is 6.04. The highest BCUT2D eigenvalue weighted by Crippen LogP contribution is 2.27. The summed E-state index contributed by atoms with van der Waals surface area (Å²) in [4.78, 5) is 27.1. The molecule has 6 nitrogen and oxygen atoms in total. The van der Waals surface area contributed by atoms with E-state index in [1.807, 2.05) is 26.0 Å². The molecule has 0 saturated heterocycles. The Morgan fingerprint density at radius 2 is 1.73 bits per heavy atom. The van der Waals surface area contributed by atoms with Gasteiger partial charge in [-0.05, 0) is 48.1 Å². The first kappa shape index (κ1) is 25.2. The number of nitrogens with two attached hydrogens (primary N) is 2. The largest absolute Gasteiger partial charge is 0.508 e. The number of hydrogen-bond donors (Lipinski definition) is 3. The molecule has 0 fully saturated rings. The summed E-state index contributed by atoms with van der Waals surface area (Å²) in [5, 5.41) is 9.45. The summed E-state index contributed by atoms with van der Waals surface area (Å²) in [5.41, 5.74) is 14.0. The van der Waals surface area contributed by atoms with Gasteiger partial charge in [-0.15, -0.1) is 12.4 Å².